The molecule has 1 rings (SSSR count). The molecule has 0 saturated heterocycles. The zero-order chi connectivity index (χ0) is 29.8. The second-order valence-corrected chi connectivity index (χ2v) is 18.3. The van der Waals surface area contributed by atoms with Crippen LogP contribution in [0.5, 0.6) is 0 Å². The third-order valence-corrected chi connectivity index (χ3v) is 13.5. The maximum absolute atomic E-state index is 2.39. The fraction of sp³-hybridized carbons (Fsp3) is 0.842. The van der Waals surface area contributed by atoms with E-state index in [1.165, 1.54) is 128 Å². The Bertz CT molecular complexity index is 612. The molecule has 42 heavy (non-hydrogen) atoms. The van der Waals surface area contributed by atoms with E-state index in [1.54, 1.807) is 31.1 Å². The molecule has 0 radical (unpaired) electrons. The van der Waals surface area contributed by atoms with Crippen LogP contribution in [-0.2, 0) is 6.54 Å². The highest BCUT2D eigenvalue weighted by molar-refractivity contribution is 7.75. The van der Waals surface area contributed by atoms with Gasteiger partial charge in [0.15, 0.2) is 0 Å². The maximum atomic E-state index is 2.39. The van der Waals surface area contributed by atoms with Gasteiger partial charge in [0.1, 0.15) is 6.54 Å². The van der Waals surface area contributed by atoms with E-state index < -0.39 is 7.26 Å². The second-order valence-electron chi connectivity index (χ2n) is 13.8. The molecular formula is C38H76BrClNP. The highest BCUT2D eigenvalue weighted by Crippen LogP contribution is 2.61. The summed E-state index contributed by atoms with van der Waals surface area (Å²) in [6.07, 6.45) is 36.0. The number of hydrogen-bond donors (Lipinski definition) is 0. The normalized spacial score (nSPS) is 11.3. The fourth-order valence-corrected chi connectivity index (χ4v) is 11.1. The summed E-state index contributed by atoms with van der Waals surface area (Å²) < 4.78 is 0.990. The average molecular weight is 693 g/mol. The Morgan fingerprint density at radius 3 is 1.10 bits per heavy atom. The van der Waals surface area contributed by atoms with Crippen LogP contribution < -0.4 is 29.4 Å². The van der Waals surface area contributed by atoms with Gasteiger partial charge in [-0.15, -0.1) is 0 Å². The lowest BCUT2D eigenvalue weighted by Gasteiger charge is -2.28. The van der Waals surface area contributed by atoms with Crippen LogP contribution in [0.2, 0.25) is 0 Å². The molecule has 0 atom stereocenters. The summed E-state index contributed by atoms with van der Waals surface area (Å²) in [7, 11) is 5.97. The second kappa shape index (κ2) is 32.8. The smallest absolute Gasteiger partial charge is 0.104 e. The largest absolute Gasteiger partial charge is 1.00 e. The van der Waals surface area contributed by atoms with E-state index in [-0.39, 0.29) is 29.4 Å². The predicted molar refractivity (Wildman–Crippen MR) is 190 cm³/mol. The number of nitrogens with zero attached hydrogens (tertiary/aromatic N) is 1. The molecule has 0 unspecified atom stereocenters. The maximum Gasteiger partial charge on any atom is 0.104 e. The summed E-state index contributed by atoms with van der Waals surface area (Å²) in [5.41, 5.74) is 1.40. The van der Waals surface area contributed by atoms with Crippen LogP contribution in [0.3, 0.4) is 0 Å². The van der Waals surface area contributed by atoms with Gasteiger partial charge in [-0.25, -0.2) is 0 Å². The Balaban J connectivity index is -0.000000978. The van der Waals surface area contributed by atoms with Crippen molar-refractivity contribution >= 4 is 7.26 Å². The van der Waals surface area contributed by atoms with E-state index in [0.717, 1.165) is 11.0 Å². The van der Waals surface area contributed by atoms with Gasteiger partial charge < -0.3 is 33.9 Å². The monoisotopic (exact) mass is 691 g/mol. The summed E-state index contributed by atoms with van der Waals surface area (Å²) in [5, 5.41) is 0. The number of halogens is 2. The van der Waals surface area contributed by atoms with Crippen molar-refractivity contribution < 1.29 is 33.9 Å². The zero-order valence-corrected chi connectivity index (χ0v) is 33.0. The van der Waals surface area contributed by atoms with E-state index in [1.807, 2.05) is 0 Å². The SMILES string of the molecule is CCCCCCCCCCCCCCCC[P+](CCCC)(CCCC)CCCC.C[N+](C)(C)Cc1ccccc1.[Br-].[Cl-]. The Morgan fingerprint density at radius 1 is 0.452 bits per heavy atom. The molecule has 1 aromatic carbocycles. The van der Waals surface area contributed by atoms with Crippen molar-refractivity contribution in [1.29, 1.82) is 0 Å². The quantitative estimate of drug-likeness (QED) is 0.0571. The van der Waals surface area contributed by atoms with Crippen molar-refractivity contribution in [2.45, 2.75) is 163 Å². The Kier molecular flexibility index (Phi) is 36.5. The van der Waals surface area contributed by atoms with Gasteiger partial charge in [-0.1, -0.05) is 154 Å². The van der Waals surface area contributed by atoms with Gasteiger partial charge in [0.05, 0.1) is 45.8 Å². The first-order valence-electron chi connectivity index (χ1n) is 18.0. The Labute approximate surface area is 284 Å². The van der Waals surface area contributed by atoms with Gasteiger partial charge in [-0.3, -0.25) is 0 Å². The number of unbranched alkanes of at least 4 members (excludes halogenated alkanes) is 16. The van der Waals surface area contributed by atoms with Crippen molar-refractivity contribution in [3.8, 4) is 0 Å². The lowest BCUT2D eigenvalue weighted by atomic mass is 10.0. The van der Waals surface area contributed by atoms with Crippen LogP contribution in [0.25, 0.3) is 0 Å². The van der Waals surface area contributed by atoms with Crippen molar-refractivity contribution in [2.24, 2.45) is 0 Å². The van der Waals surface area contributed by atoms with Gasteiger partial charge in [0.2, 0.25) is 0 Å². The molecule has 0 spiro atoms. The van der Waals surface area contributed by atoms with Crippen LogP contribution in [0.1, 0.15) is 162 Å². The molecule has 0 N–H and O–H groups in total. The standard InChI is InChI=1S/C28H60P.C10H16N.BrH.ClH/c1-5-9-13-14-15-16-17-18-19-20-21-22-23-24-28-29(25-10-6-2,26-11-7-3)27-12-8-4;1-11(2,3)9-10-7-5-4-6-8-10;;/h5-28H2,1-4H3;4-8H,9H2,1-3H3;2*1H/q2*+1;;/p-2. The van der Waals surface area contributed by atoms with Gasteiger partial charge in [-0.05, 0) is 32.1 Å². The molecule has 0 aliphatic carbocycles. The van der Waals surface area contributed by atoms with Crippen LogP contribution in [0.15, 0.2) is 30.3 Å². The summed E-state index contributed by atoms with van der Waals surface area (Å²) in [5.74, 6) is 0. The van der Waals surface area contributed by atoms with Crippen LogP contribution in [0, 0.1) is 0 Å². The Hall–Kier alpha value is 0.380. The number of rotatable bonds is 26. The van der Waals surface area contributed by atoms with E-state index in [4.69, 9.17) is 0 Å². The highest BCUT2D eigenvalue weighted by atomic mass is 79.9. The number of quaternary nitrogens is 1. The number of hydrogen-bond acceptors (Lipinski definition) is 0. The molecule has 0 amide bonds. The first-order chi connectivity index (χ1) is 19.3. The Morgan fingerprint density at radius 2 is 0.762 bits per heavy atom. The van der Waals surface area contributed by atoms with E-state index in [9.17, 15) is 0 Å². The molecule has 0 aromatic heterocycles. The molecule has 0 aliphatic heterocycles. The molecule has 4 heteroatoms. The van der Waals surface area contributed by atoms with Gasteiger partial charge in [-0.2, -0.15) is 0 Å². The molecule has 1 aromatic rings. The van der Waals surface area contributed by atoms with Crippen molar-refractivity contribution in [2.75, 3.05) is 45.8 Å². The van der Waals surface area contributed by atoms with Crippen LogP contribution in [-0.4, -0.2) is 50.3 Å². The van der Waals surface area contributed by atoms with Crippen molar-refractivity contribution in [3.63, 3.8) is 0 Å². The predicted octanol–water partition coefficient (Wildman–Crippen LogP) is 6.79. The molecule has 0 fully saturated rings. The van der Waals surface area contributed by atoms with Crippen molar-refractivity contribution in [1.82, 2.24) is 0 Å². The van der Waals surface area contributed by atoms with E-state index in [2.05, 4.69) is 79.2 Å². The first kappa shape index (κ1) is 46.8. The molecule has 0 heterocycles. The molecule has 1 nitrogen and oxygen atoms in total. The average Bonchev–Trinajstić information content (AvgIpc) is 2.93. The third-order valence-electron chi connectivity index (χ3n) is 8.44. The highest BCUT2D eigenvalue weighted by Gasteiger charge is 2.34. The van der Waals surface area contributed by atoms with Crippen LogP contribution >= 0.6 is 7.26 Å². The van der Waals surface area contributed by atoms with Gasteiger partial charge in [0.25, 0.3) is 0 Å². The molecule has 0 bridgehead atoms. The summed E-state index contributed by atoms with van der Waals surface area (Å²) in [6, 6.07) is 10.6. The lowest BCUT2D eigenvalue weighted by Crippen LogP contribution is -3.00. The van der Waals surface area contributed by atoms with Crippen molar-refractivity contribution in [3.05, 3.63) is 35.9 Å². The zero-order valence-electron chi connectivity index (χ0n) is 29.7. The number of benzene rings is 1. The van der Waals surface area contributed by atoms with Gasteiger partial charge in [0, 0.05) is 12.8 Å². The minimum absolute atomic E-state index is 0. The van der Waals surface area contributed by atoms with E-state index >= 15 is 0 Å². The van der Waals surface area contributed by atoms with Gasteiger partial charge >= 0.3 is 0 Å². The lowest BCUT2D eigenvalue weighted by molar-refractivity contribution is -0.884. The summed E-state index contributed by atoms with van der Waals surface area (Å²) in [4.78, 5) is 0. The van der Waals surface area contributed by atoms with E-state index in [0.29, 0.717) is 0 Å². The topological polar surface area (TPSA) is 0 Å². The molecular weight excluding hydrogens is 617 g/mol. The summed E-state index contributed by atoms with van der Waals surface area (Å²) >= 11 is 0. The minimum Gasteiger partial charge on any atom is -1.00 e. The van der Waals surface area contributed by atoms with Crippen LogP contribution in [0.4, 0.5) is 0 Å². The molecule has 0 saturated carbocycles. The molecule has 252 valence electrons. The fourth-order valence-electron chi connectivity index (χ4n) is 5.92. The molecule has 0 aliphatic rings. The minimum atomic E-state index is -0.630. The first-order valence-corrected chi connectivity index (χ1v) is 20.5. The third kappa shape index (κ3) is 30.4. The summed E-state index contributed by atoms with van der Waals surface area (Å²) in [6.45, 7) is 10.6.